The minimum atomic E-state index is -0.503. The molecule has 0 unspecified atom stereocenters. The van der Waals surface area contributed by atoms with Crippen LogP contribution in [-0.4, -0.2) is 10.8 Å². The fourth-order valence-corrected chi connectivity index (χ4v) is 2.17. The van der Waals surface area contributed by atoms with E-state index in [2.05, 4.69) is 15.9 Å². The maximum Gasteiger partial charge on any atom is 0.312 e. The molecule has 0 amide bonds. The Hall–Kier alpha value is -2.41. The van der Waals surface area contributed by atoms with Crippen LogP contribution in [0, 0.1) is 15.5 Å². The summed E-state index contributed by atoms with van der Waals surface area (Å²) in [7, 11) is 0. The molecule has 0 atom stereocenters. The van der Waals surface area contributed by atoms with E-state index < -0.39 is 4.92 Å². The molecule has 0 heterocycles. The minimum Gasteiger partial charge on any atom is -0.482 e. The van der Waals surface area contributed by atoms with Gasteiger partial charge in [0.2, 0.25) is 0 Å². The highest BCUT2D eigenvalue weighted by atomic mass is 79.9. The fourth-order valence-electron chi connectivity index (χ4n) is 1.82. The smallest absolute Gasteiger partial charge is 0.312 e. The van der Waals surface area contributed by atoms with Crippen LogP contribution in [0.25, 0.3) is 0 Å². The van der Waals surface area contributed by atoms with Crippen LogP contribution in [0.5, 0.6) is 5.75 Å². The Morgan fingerprint density at radius 1 is 1.33 bits per heavy atom. The van der Waals surface area contributed by atoms with E-state index in [1.165, 1.54) is 12.1 Å². The van der Waals surface area contributed by atoms with Crippen LogP contribution < -0.4 is 10.5 Å². The lowest BCUT2D eigenvalue weighted by Crippen LogP contribution is -2.14. The number of benzene rings is 2. The standard InChI is InChI=1S/C14H12BrN3O3/c15-10-5-6-13(12(7-10)18(19)20)21-8-9-3-1-2-4-11(9)14(16)17/h1-7H,8H2,(H3,16,17). The second kappa shape index (κ2) is 6.36. The number of hydrogen-bond acceptors (Lipinski definition) is 4. The second-order valence-electron chi connectivity index (χ2n) is 4.23. The second-order valence-corrected chi connectivity index (χ2v) is 5.14. The molecule has 108 valence electrons. The largest absolute Gasteiger partial charge is 0.482 e. The lowest BCUT2D eigenvalue weighted by Gasteiger charge is -2.10. The van der Waals surface area contributed by atoms with Crippen LogP contribution in [0.15, 0.2) is 46.9 Å². The molecule has 2 rings (SSSR count). The molecule has 2 aromatic rings. The maximum atomic E-state index is 11.0. The molecule has 0 fully saturated rings. The zero-order valence-corrected chi connectivity index (χ0v) is 12.5. The summed E-state index contributed by atoms with van der Waals surface area (Å²) in [5, 5.41) is 18.5. The highest BCUT2D eigenvalue weighted by molar-refractivity contribution is 9.10. The average molecular weight is 350 g/mol. The molecule has 0 radical (unpaired) electrons. The first kappa shape index (κ1) is 15.0. The number of nitrogens with two attached hydrogens (primary N) is 1. The number of nitrogens with one attached hydrogen (secondary N) is 1. The molecule has 6 nitrogen and oxygen atoms in total. The average Bonchev–Trinajstić information content (AvgIpc) is 2.46. The van der Waals surface area contributed by atoms with Crippen LogP contribution in [0.1, 0.15) is 11.1 Å². The van der Waals surface area contributed by atoms with Crippen LogP contribution in [0.3, 0.4) is 0 Å². The van der Waals surface area contributed by atoms with E-state index in [9.17, 15) is 10.1 Å². The Balaban J connectivity index is 2.25. The van der Waals surface area contributed by atoms with Crippen molar-refractivity contribution in [3.8, 4) is 5.75 Å². The predicted molar refractivity (Wildman–Crippen MR) is 82.6 cm³/mol. The van der Waals surface area contributed by atoms with Gasteiger partial charge in [0, 0.05) is 21.7 Å². The van der Waals surface area contributed by atoms with E-state index in [0.29, 0.717) is 15.6 Å². The van der Waals surface area contributed by atoms with Gasteiger partial charge in [-0.15, -0.1) is 0 Å². The van der Waals surface area contributed by atoms with Crippen LogP contribution in [0.4, 0.5) is 5.69 Å². The van der Waals surface area contributed by atoms with Gasteiger partial charge < -0.3 is 10.5 Å². The van der Waals surface area contributed by atoms with Crippen molar-refractivity contribution in [3.05, 3.63) is 68.2 Å². The molecule has 21 heavy (non-hydrogen) atoms. The molecule has 3 N–H and O–H groups in total. The third kappa shape index (κ3) is 3.57. The Labute approximate surface area is 129 Å². The Morgan fingerprint density at radius 2 is 2.05 bits per heavy atom. The summed E-state index contributed by atoms with van der Waals surface area (Å²) in [4.78, 5) is 10.5. The number of hydrogen-bond donors (Lipinski definition) is 2. The minimum absolute atomic E-state index is 0.0699. The molecule has 0 bridgehead atoms. The molecule has 7 heteroatoms. The Kier molecular flexibility index (Phi) is 4.54. The first-order valence-electron chi connectivity index (χ1n) is 5.98. The first-order chi connectivity index (χ1) is 9.99. The fraction of sp³-hybridized carbons (Fsp3) is 0.0714. The molecule has 0 spiro atoms. The van der Waals surface area contributed by atoms with Gasteiger partial charge in [0.05, 0.1) is 4.92 Å². The molecular formula is C14H12BrN3O3. The van der Waals surface area contributed by atoms with Crippen molar-refractivity contribution in [1.82, 2.24) is 0 Å². The number of nitro benzene ring substituents is 1. The topological polar surface area (TPSA) is 102 Å². The number of nitrogen functional groups attached to an aromatic ring is 1. The third-order valence-electron chi connectivity index (χ3n) is 2.81. The van der Waals surface area contributed by atoms with Gasteiger partial charge in [0.1, 0.15) is 12.4 Å². The number of nitro groups is 1. The monoisotopic (exact) mass is 349 g/mol. The van der Waals surface area contributed by atoms with E-state index in [4.69, 9.17) is 15.9 Å². The summed E-state index contributed by atoms with van der Waals surface area (Å²) in [6.45, 7) is 0.0955. The van der Waals surface area contributed by atoms with Gasteiger partial charge in [0.15, 0.2) is 5.75 Å². The maximum absolute atomic E-state index is 11.0. The molecule has 0 aliphatic rings. The predicted octanol–water partition coefficient (Wildman–Crippen LogP) is 3.22. The van der Waals surface area contributed by atoms with Gasteiger partial charge in [-0.3, -0.25) is 15.5 Å². The van der Waals surface area contributed by atoms with Gasteiger partial charge in [0.25, 0.3) is 0 Å². The lowest BCUT2D eigenvalue weighted by molar-refractivity contribution is -0.386. The summed E-state index contributed by atoms with van der Waals surface area (Å²) in [6.07, 6.45) is 0. The highest BCUT2D eigenvalue weighted by Gasteiger charge is 2.16. The molecular weight excluding hydrogens is 338 g/mol. The van der Waals surface area contributed by atoms with Crippen molar-refractivity contribution in [2.75, 3.05) is 0 Å². The molecule has 2 aromatic carbocycles. The molecule has 0 aliphatic heterocycles. The summed E-state index contributed by atoms with van der Waals surface area (Å²) in [6, 6.07) is 11.6. The van der Waals surface area contributed by atoms with E-state index in [0.717, 1.165) is 0 Å². The number of amidine groups is 1. The third-order valence-corrected chi connectivity index (χ3v) is 3.30. The van der Waals surface area contributed by atoms with E-state index >= 15 is 0 Å². The van der Waals surface area contributed by atoms with Gasteiger partial charge in [-0.25, -0.2) is 0 Å². The molecule has 0 aromatic heterocycles. The normalized spacial score (nSPS) is 10.1. The van der Waals surface area contributed by atoms with Crippen molar-refractivity contribution in [2.45, 2.75) is 6.61 Å². The van der Waals surface area contributed by atoms with Crippen molar-refractivity contribution in [2.24, 2.45) is 5.73 Å². The lowest BCUT2D eigenvalue weighted by atomic mass is 10.1. The summed E-state index contributed by atoms with van der Waals surface area (Å²) < 4.78 is 6.12. The quantitative estimate of drug-likeness (QED) is 0.374. The Morgan fingerprint density at radius 3 is 2.71 bits per heavy atom. The van der Waals surface area contributed by atoms with Gasteiger partial charge >= 0.3 is 5.69 Å². The van der Waals surface area contributed by atoms with Crippen molar-refractivity contribution in [1.29, 1.82) is 5.41 Å². The Bertz CT molecular complexity index is 704. The zero-order chi connectivity index (χ0) is 15.4. The van der Waals surface area contributed by atoms with E-state index in [-0.39, 0.29) is 23.9 Å². The van der Waals surface area contributed by atoms with Gasteiger partial charge in [-0.2, -0.15) is 0 Å². The van der Waals surface area contributed by atoms with E-state index in [1.54, 1.807) is 30.3 Å². The molecule has 0 aliphatic carbocycles. The number of rotatable bonds is 5. The number of nitrogens with zero attached hydrogens (tertiary/aromatic N) is 1. The highest BCUT2D eigenvalue weighted by Crippen LogP contribution is 2.30. The van der Waals surface area contributed by atoms with Crippen LogP contribution in [-0.2, 0) is 6.61 Å². The number of ether oxygens (including phenoxy) is 1. The zero-order valence-electron chi connectivity index (χ0n) is 10.9. The van der Waals surface area contributed by atoms with Crippen molar-refractivity contribution >= 4 is 27.5 Å². The SMILES string of the molecule is N=C(N)c1ccccc1COc1ccc(Br)cc1[N+](=O)[O-]. The first-order valence-corrected chi connectivity index (χ1v) is 6.77. The van der Waals surface area contributed by atoms with Crippen molar-refractivity contribution in [3.63, 3.8) is 0 Å². The van der Waals surface area contributed by atoms with Gasteiger partial charge in [-0.1, -0.05) is 40.2 Å². The van der Waals surface area contributed by atoms with E-state index in [1.807, 2.05) is 0 Å². The van der Waals surface area contributed by atoms with Crippen LogP contribution in [0.2, 0.25) is 0 Å². The van der Waals surface area contributed by atoms with Gasteiger partial charge in [-0.05, 0) is 12.1 Å². The summed E-state index contributed by atoms with van der Waals surface area (Å²) in [5.74, 6) is 0.0982. The van der Waals surface area contributed by atoms with Crippen molar-refractivity contribution < 1.29 is 9.66 Å². The molecule has 0 saturated carbocycles. The summed E-state index contributed by atoms with van der Waals surface area (Å²) >= 11 is 3.19. The van der Waals surface area contributed by atoms with Crippen LogP contribution >= 0.6 is 15.9 Å². The number of halogens is 1. The molecule has 0 saturated heterocycles. The summed E-state index contributed by atoms with van der Waals surface area (Å²) in [5.41, 5.74) is 6.62.